The van der Waals surface area contributed by atoms with E-state index in [0.717, 1.165) is 22.3 Å². The predicted molar refractivity (Wildman–Crippen MR) is 72.8 cm³/mol. The van der Waals surface area contributed by atoms with Crippen LogP contribution in [0.1, 0.15) is 16.2 Å². The first-order valence-electron chi connectivity index (χ1n) is 5.94. The standard InChI is InChI=1S/C15H12N2O2/c1-10-16-8-9-17(10)14-7-6-13(15(18)19)11-4-2-3-5-12(11)14/h2-9H,1H3,(H,18,19). The number of hydrogen-bond donors (Lipinski definition) is 1. The maximum absolute atomic E-state index is 11.3. The molecule has 1 N–H and O–H groups in total. The van der Waals surface area contributed by atoms with Crippen LogP contribution in [0.4, 0.5) is 0 Å². The van der Waals surface area contributed by atoms with Gasteiger partial charge in [0.2, 0.25) is 0 Å². The van der Waals surface area contributed by atoms with Crippen LogP contribution in [0.3, 0.4) is 0 Å². The third-order valence-electron chi connectivity index (χ3n) is 3.22. The van der Waals surface area contributed by atoms with Crippen molar-refractivity contribution in [3.8, 4) is 5.69 Å². The molecule has 0 unspecified atom stereocenters. The fourth-order valence-corrected chi connectivity index (χ4v) is 2.31. The van der Waals surface area contributed by atoms with Gasteiger partial charge >= 0.3 is 5.97 Å². The van der Waals surface area contributed by atoms with Crippen LogP contribution in [0, 0.1) is 6.92 Å². The average Bonchev–Trinajstić information content (AvgIpc) is 2.83. The highest BCUT2D eigenvalue weighted by Gasteiger charge is 2.12. The van der Waals surface area contributed by atoms with Gasteiger partial charge in [-0.3, -0.25) is 0 Å². The number of carbonyl (C=O) groups is 1. The van der Waals surface area contributed by atoms with Gasteiger partial charge in [-0.2, -0.15) is 0 Å². The third kappa shape index (κ3) is 1.78. The molecule has 0 saturated carbocycles. The Morgan fingerprint density at radius 3 is 2.53 bits per heavy atom. The van der Waals surface area contributed by atoms with Gasteiger partial charge in [-0.25, -0.2) is 9.78 Å². The number of carboxylic acid groups (broad SMARTS) is 1. The van der Waals surface area contributed by atoms with Crippen molar-refractivity contribution in [3.05, 3.63) is 60.2 Å². The summed E-state index contributed by atoms with van der Waals surface area (Å²) in [5.41, 5.74) is 1.26. The van der Waals surface area contributed by atoms with Gasteiger partial charge in [-0.05, 0) is 24.4 Å². The van der Waals surface area contributed by atoms with E-state index in [9.17, 15) is 9.90 Å². The van der Waals surface area contributed by atoms with Gasteiger partial charge in [0.25, 0.3) is 0 Å². The monoisotopic (exact) mass is 252 g/mol. The van der Waals surface area contributed by atoms with Crippen molar-refractivity contribution in [2.75, 3.05) is 0 Å². The number of aromatic nitrogens is 2. The van der Waals surface area contributed by atoms with Gasteiger partial charge in [0.05, 0.1) is 11.3 Å². The number of nitrogens with zero attached hydrogens (tertiary/aromatic N) is 2. The molecule has 0 aliphatic rings. The molecule has 0 radical (unpaired) electrons. The molecule has 1 heterocycles. The Hall–Kier alpha value is -2.62. The maximum atomic E-state index is 11.3. The summed E-state index contributed by atoms with van der Waals surface area (Å²) in [5, 5.41) is 10.9. The van der Waals surface area contributed by atoms with Crippen LogP contribution in [-0.4, -0.2) is 20.6 Å². The highest BCUT2D eigenvalue weighted by atomic mass is 16.4. The van der Waals surface area contributed by atoms with Crippen LogP contribution in [0.5, 0.6) is 0 Å². The number of hydrogen-bond acceptors (Lipinski definition) is 2. The van der Waals surface area contributed by atoms with Crippen molar-refractivity contribution >= 4 is 16.7 Å². The first kappa shape index (κ1) is 11.5. The zero-order chi connectivity index (χ0) is 13.4. The Balaban J connectivity index is 2.38. The Kier molecular flexibility index (Phi) is 2.56. The lowest BCUT2D eigenvalue weighted by Crippen LogP contribution is -2.01. The van der Waals surface area contributed by atoms with Crippen LogP contribution in [-0.2, 0) is 0 Å². The van der Waals surface area contributed by atoms with E-state index in [0.29, 0.717) is 5.56 Å². The molecular formula is C15H12N2O2. The topological polar surface area (TPSA) is 55.1 Å². The lowest BCUT2D eigenvalue weighted by Gasteiger charge is -2.11. The fraction of sp³-hybridized carbons (Fsp3) is 0.0667. The predicted octanol–water partition coefficient (Wildman–Crippen LogP) is 3.03. The summed E-state index contributed by atoms with van der Waals surface area (Å²) in [6, 6.07) is 11.0. The zero-order valence-corrected chi connectivity index (χ0v) is 10.4. The molecule has 3 aromatic rings. The average molecular weight is 252 g/mol. The minimum atomic E-state index is -0.912. The number of aromatic carboxylic acids is 1. The van der Waals surface area contributed by atoms with E-state index < -0.39 is 5.97 Å². The van der Waals surface area contributed by atoms with E-state index in [1.165, 1.54) is 0 Å². The second-order valence-corrected chi connectivity index (χ2v) is 4.33. The molecule has 0 atom stereocenters. The van der Waals surface area contributed by atoms with E-state index in [1.54, 1.807) is 12.3 Å². The molecule has 1 aromatic heterocycles. The SMILES string of the molecule is Cc1nccn1-c1ccc(C(=O)O)c2ccccc12. The number of benzene rings is 2. The van der Waals surface area contributed by atoms with Gasteiger partial charge < -0.3 is 9.67 Å². The molecule has 0 aliphatic heterocycles. The van der Waals surface area contributed by atoms with E-state index in [4.69, 9.17) is 0 Å². The second kappa shape index (κ2) is 4.24. The van der Waals surface area contributed by atoms with Gasteiger partial charge in [-0.15, -0.1) is 0 Å². The highest BCUT2D eigenvalue weighted by molar-refractivity contribution is 6.06. The molecule has 0 saturated heterocycles. The van der Waals surface area contributed by atoms with Crippen molar-refractivity contribution < 1.29 is 9.90 Å². The van der Waals surface area contributed by atoms with E-state index in [1.807, 2.05) is 48.0 Å². The Morgan fingerprint density at radius 2 is 1.89 bits per heavy atom. The molecule has 4 nitrogen and oxygen atoms in total. The quantitative estimate of drug-likeness (QED) is 0.762. The largest absolute Gasteiger partial charge is 0.478 e. The minimum absolute atomic E-state index is 0.317. The number of fused-ring (bicyclic) bond motifs is 1. The molecule has 94 valence electrons. The number of aryl methyl sites for hydroxylation is 1. The number of rotatable bonds is 2. The van der Waals surface area contributed by atoms with Crippen molar-refractivity contribution in [1.29, 1.82) is 0 Å². The van der Waals surface area contributed by atoms with Crippen LogP contribution < -0.4 is 0 Å². The zero-order valence-electron chi connectivity index (χ0n) is 10.4. The molecule has 19 heavy (non-hydrogen) atoms. The van der Waals surface area contributed by atoms with Crippen molar-refractivity contribution in [1.82, 2.24) is 9.55 Å². The van der Waals surface area contributed by atoms with Gasteiger partial charge in [0.15, 0.2) is 0 Å². The first-order valence-corrected chi connectivity index (χ1v) is 5.94. The molecule has 0 fully saturated rings. The second-order valence-electron chi connectivity index (χ2n) is 4.33. The van der Waals surface area contributed by atoms with Gasteiger partial charge in [-0.1, -0.05) is 24.3 Å². The van der Waals surface area contributed by atoms with Crippen LogP contribution in [0.15, 0.2) is 48.8 Å². The number of imidazole rings is 1. The highest BCUT2D eigenvalue weighted by Crippen LogP contribution is 2.26. The smallest absolute Gasteiger partial charge is 0.336 e. The molecule has 0 amide bonds. The van der Waals surface area contributed by atoms with Crippen molar-refractivity contribution in [3.63, 3.8) is 0 Å². The van der Waals surface area contributed by atoms with E-state index >= 15 is 0 Å². The molecular weight excluding hydrogens is 240 g/mol. The lowest BCUT2D eigenvalue weighted by atomic mass is 10.0. The molecule has 0 aliphatic carbocycles. The molecule has 0 bridgehead atoms. The lowest BCUT2D eigenvalue weighted by molar-refractivity contribution is 0.0699. The summed E-state index contributed by atoms with van der Waals surface area (Å²) >= 11 is 0. The molecule has 0 spiro atoms. The first-order chi connectivity index (χ1) is 9.18. The van der Waals surface area contributed by atoms with Crippen molar-refractivity contribution in [2.24, 2.45) is 0 Å². The summed E-state index contributed by atoms with van der Waals surface area (Å²) in [6.07, 6.45) is 3.60. The Morgan fingerprint density at radius 1 is 1.16 bits per heavy atom. The van der Waals surface area contributed by atoms with Crippen LogP contribution in [0.25, 0.3) is 16.5 Å². The molecule has 4 heteroatoms. The summed E-state index contributed by atoms with van der Waals surface area (Å²) in [7, 11) is 0. The summed E-state index contributed by atoms with van der Waals surface area (Å²) < 4.78 is 1.95. The Bertz CT molecular complexity index is 775. The normalized spacial score (nSPS) is 10.8. The third-order valence-corrected chi connectivity index (χ3v) is 3.22. The summed E-state index contributed by atoms with van der Waals surface area (Å²) in [6.45, 7) is 1.92. The minimum Gasteiger partial charge on any atom is -0.478 e. The van der Waals surface area contributed by atoms with E-state index in [-0.39, 0.29) is 0 Å². The van der Waals surface area contributed by atoms with Crippen molar-refractivity contribution in [2.45, 2.75) is 6.92 Å². The maximum Gasteiger partial charge on any atom is 0.336 e. The van der Waals surface area contributed by atoms with Crippen LogP contribution in [0.2, 0.25) is 0 Å². The Labute approximate surface area is 109 Å². The fourth-order valence-electron chi connectivity index (χ4n) is 2.31. The van der Waals surface area contributed by atoms with Gasteiger partial charge in [0.1, 0.15) is 5.82 Å². The van der Waals surface area contributed by atoms with Crippen LogP contribution >= 0.6 is 0 Å². The molecule has 2 aromatic carbocycles. The van der Waals surface area contributed by atoms with Gasteiger partial charge in [0, 0.05) is 17.8 Å². The van der Waals surface area contributed by atoms with E-state index in [2.05, 4.69) is 4.98 Å². The molecule has 3 rings (SSSR count). The number of carboxylic acids is 1. The summed E-state index contributed by atoms with van der Waals surface area (Å²) in [5.74, 6) is -0.0432. The summed E-state index contributed by atoms with van der Waals surface area (Å²) in [4.78, 5) is 15.5.